The molecular formula is C18H19N5O3. The number of carbonyl (C=O) groups excluding carboxylic acids is 1. The third-order valence-electron chi connectivity index (χ3n) is 4.75. The largest absolute Gasteiger partial charge is 0.346 e. The molecule has 134 valence electrons. The first-order valence-corrected chi connectivity index (χ1v) is 8.69. The highest BCUT2D eigenvalue weighted by Gasteiger charge is 2.24. The van der Waals surface area contributed by atoms with E-state index in [0.717, 1.165) is 12.8 Å². The number of nitrogens with one attached hydrogen (secondary N) is 1. The summed E-state index contributed by atoms with van der Waals surface area (Å²) >= 11 is 0. The van der Waals surface area contributed by atoms with Crippen LogP contribution in [0.1, 0.15) is 53.8 Å². The summed E-state index contributed by atoms with van der Waals surface area (Å²) < 4.78 is 5.35. The first kappa shape index (κ1) is 16.4. The van der Waals surface area contributed by atoms with Crippen molar-refractivity contribution in [3.63, 3.8) is 0 Å². The fraction of sp³-hybridized carbons (Fsp3) is 0.389. The minimum Gasteiger partial charge on any atom is -0.339 e. The second-order valence-electron chi connectivity index (χ2n) is 6.63. The Balaban J connectivity index is 1.56. The van der Waals surface area contributed by atoms with Gasteiger partial charge in [0.15, 0.2) is 5.82 Å². The van der Waals surface area contributed by atoms with Crippen LogP contribution >= 0.6 is 0 Å². The van der Waals surface area contributed by atoms with Gasteiger partial charge in [-0.2, -0.15) is 9.97 Å². The lowest BCUT2D eigenvalue weighted by Gasteiger charge is -2.15. The van der Waals surface area contributed by atoms with Crippen molar-refractivity contribution in [1.29, 1.82) is 0 Å². The van der Waals surface area contributed by atoms with Crippen molar-refractivity contribution < 1.29 is 9.32 Å². The fourth-order valence-corrected chi connectivity index (χ4v) is 3.40. The van der Waals surface area contributed by atoms with Crippen LogP contribution < -0.4 is 5.69 Å². The Hall–Kier alpha value is -3.03. The van der Waals surface area contributed by atoms with Gasteiger partial charge >= 0.3 is 5.69 Å². The third-order valence-corrected chi connectivity index (χ3v) is 4.75. The van der Waals surface area contributed by atoms with E-state index in [9.17, 15) is 9.59 Å². The Morgan fingerprint density at radius 3 is 2.85 bits per heavy atom. The number of amides is 1. The molecular weight excluding hydrogens is 334 g/mol. The van der Waals surface area contributed by atoms with Gasteiger partial charge in [-0.15, -0.1) is 0 Å². The van der Waals surface area contributed by atoms with Crippen molar-refractivity contribution >= 4 is 16.8 Å². The number of fused-ring (bicyclic) bond motifs is 1. The zero-order chi connectivity index (χ0) is 18.1. The molecule has 0 saturated heterocycles. The van der Waals surface area contributed by atoms with Crippen LogP contribution in [-0.2, 0) is 6.54 Å². The van der Waals surface area contributed by atoms with E-state index >= 15 is 0 Å². The minimum atomic E-state index is -0.552. The summed E-state index contributed by atoms with van der Waals surface area (Å²) in [6.45, 7) is 0.192. The highest BCUT2D eigenvalue weighted by molar-refractivity contribution is 6.03. The predicted octanol–water partition coefficient (Wildman–Crippen LogP) is 2.24. The van der Waals surface area contributed by atoms with Crippen molar-refractivity contribution in [2.24, 2.45) is 0 Å². The van der Waals surface area contributed by atoms with Gasteiger partial charge in [-0.05, 0) is 18.9 Å². The van der Waals surface area contributed by atoms with E-state index in [2.05, 4.69) is 20.1 Å². The molecule has 8 nitrogen and oxygen atoms in total. The number of hydrogen-bond donors (Lipinski definition) is 1. The molecule has 1 N–H and O–H groups in total. The van der Waals surface area contributed by atoms with Crippen molar-refractivity contribution in [3.05, 3.63) is 52.2 Å². The van der Waals surface area contributed by atoms with Gasteiger partial charge in [-0.3, -0.25) is 4.79 Å². The highest BCUT2D eigenvalue weighted by Crippen LogP contribution is 2.32. The number of aromatic nitrogens is 4. The molecule has 1 saturated carbocycles. The van der Waals surface area contributed by atoms with E-state index in [-0.39, 0.29) is 18.1 Å². The molecule has 2 aromatic heterocycles. The molecule has 0 aliphatic heterocycles. The second kappa shape index (κ2) is 6.70. The average molecular weight is 353 g/mol. The number of hydrogen-bond acceptors (Lipinski definition) is 6. The molecule has 0 radical (unpaired) electrons. The number of nitrogens with zero attached hydrogens (tertiary/aromatic N) is 4. The molecule has 26 heavy (non-hydrogen) atoms. The summed E-state index contributed by atoms with van der Waals surface area (Å²) in [5.41, 5.74) is 0.141. The van der Waals surface area contributed by atoms with Gasteiger partial charge in [0, 0.05) is 18.4 Å². The van der Waals surface area contributed by atoms with Crippen LogP contribution in [0.2, 0.25) is 0 Å². The quantitative estimate of drug-likeness (QED) is 0.771. The molecule has 1 fully saturated rings. The molecule has 1 aliphatic rings. The third kappa shape index (κ3) is 3.10. The van der Waals surface area contributed by atoms with Gasteiger partial charge in [-0.1, -0.05) is 36.2 Å². The fourth-order valence-electron chi connectivity index (χ4n) is 3.40. The van der Waals surface area contributed by atoms with E-state index < -0.39 is 5.69 Å². The maximum atomic E-state index is 12.8. The Morgan fingerprint density at radius 2 is 2.04 bits per heavy atom. The highest BCUT2D eigenvalue weighted by atomic mass is 16.5. The molecule has 0 atom stereocenters. The molecule has 4 rings (SSSR count). The molecule has 0 bridgehead atoms. The number of aromatic amines is 1. The van der Waals surface area contributed by atoms with Gasteiger partial charge in [0.2, 0.25) is 5.89 Å². The lowest BCUT2D eigenvalue weighted by molar-refractivity contribution is 0.0776. The summed E-state index contributed by atoms with van der Waals surface area (Å²) in [6, 6.07) is 7.08. The van der Waals surface area contributed by atoms with E-state index in [1.54, 1.807) is 31.3 Å². The number of benzene rings is 1. The van der Waals surface area contributed by atoms with Gasteiger partial charge in [-0.25, -0.2) is 4.79 Å². The number of carbonyl (C=O) groups is 1. The zero-order valence-corrected chi connectivity index (χ0v) is 14.4. The molecule has 1 aromatic carbocycles. The Morgan fingerprint density at radius 1 is 1.27 bits per heavy atom. The van der Waals surface area contributed by atoms with Gasteiger partial charge < -0.3 is 14.4 Å². The van der Waals surface area contributed by atoms with E-state index in [1.807, 2.05) is 0 Å². The van der Waals surface area contributed by atoms with Crippen LogP contribution in [0, 0.1) is 0 Å². The molecule has 1 aliphatic carbocycles. The van der Waals surface area contributed by atoms with Crippen LogP contribution in [0.3, 0.4) is 0 Å². The van der Waals surface area contributed by atoms with Gasteiger partial charge in [0.1, 0.15) is 5.69 Å². The molecule has 3 aromatic rings. The summed E-state index contributed by atoms with van der Waals surface area (Å²) in [6.07, 6.45) is 4.50. The molecule has 1 amide bonds. The Kier molecular flexibility index (Phi) is 4.24. The maximum absolute atomic E-state index is 12.8. The molecule has 0 spiro atoms. The second-order valence-corrected chi connectivity index (χ2v) is 6.63. The van der Waals surface area contributed by atoms with Crippen molar-refractivity contribution in [2.45, 2.75) is 38.1 Å². The normalized spacial score (nSPS) is 14.8. The number of para-hydroxylation sites is 1. The molecule has 0 unspecified atom stereocenters. The average Bonchev–Trinajstić information content (AvgIpc) is 3.31. The summed E-state index contributed by atoms with van der Waals surface area (Å²) in [5.74, 6) is 1.07. The zero-order valence-electron chi connectivity index (χ0n) is 14.4. The van der Waals surface area contributed by atoms with Crippen LogP contribution in [0.5, 0.6) is 0 Å². The van der Waals surface area contributed by atoms with E-state index in [1.165, 1.54) is 17.7 Å². The van der Waals surface area contributed by atoms with E-state index in [0.29, 0.717) is 28.5 Å². The lowest BCUT2D eigenvalue weighted by atomic mass is 10.1. The monoisotopic (exact) mass is 353 g/mol. The van der Waals surface area contributed by atoms with Crippen LogP contribution in [0.4, 0.5) is 0 Å². The first-order valence-electron chi connectivity index (χ1n) is 8.69. The van der Waals surface area contributed by atoms with Crippen LogP contribution in [0.15, 0.2) is 33.6 Å². The van der Waals surface area contributed by atoms with Crippen molar-refractivity contribution in [3.8, 4) is 0 Å². The van der Waals surface area contributed by atoms with E-state index in [4.69, 9.17) is 4.52 Å². The number of H-pyrrole nitrogens is 1. The number of rotatable bonds is 4. The van der Waals surface area contributed by atoms with Crippen molar-refractivity contribution in [2.75, 3.05) is 7.05 Å². The first-order chi connectivity index (χ1) is 12.6. The Labute approximate surface area is 149 Å². The minimum absolute atomic E-state index is 0.117. The summed E-state index contributed by atoms with van der Waals surface area (Å²) in [5, 5.41) is 4.59. The summed E-state index contributed by atoms with van der Waals surface area (Å²) in [7, 11) is 1.63. The maximum Gasteiger partial charge on any atom is 0.346 e. The van der Waals surface area contributed by atoms with Crippen LogP contribution in [0.25, 0.3) is 10.9 Å². The predicted molar refractivity (Wildman–Crippen MR) is 93.7 cm³/mol. The molecule has 8 heteroatoms. The SMILES string of the molecule is CN(Cc1noc(C2CCCC2)n1)C(=O)c1nc(=O)[nH]c2ccccc12. The standard InChI is InChI=1S/C18H19N5O3/c1-23(10-14-20-16(26-22-14)11-6-2-3-7-11)17(24)15-12-8-4-5-9-13(12)19-18(25)21-15/h4-5,8-9,11H,2-3,6-7,10H2,1H3,(H,19,21,25). The lowest BCUT2D eigenvalue weighted by Crippen LogP contribution is -2.30. The topological polar surface area (TPSA) is 105 Å². The smallest absolute Gasteiger partial charge is 0.339 e. The van der Waals surface area contributed by atoms with Crippen molar-refractivity contribution in [1.82, 2.24) is 25.0 Å². The molecule has 2 heterocycles. The van der Waals surface area contributed by atoms with Gasteiger partial charge in [0.25, 0.3) is 5.91 Å². The van der Waals surface area contributed by atoms with Crippen LogP contribution in [-0.4, -0.2) is 38.0 Å². The summed E-state index contributed by atoms with van der Waals surface area (Å²) in [4.78, 5) is 36.9. The Bertz CT molecular complexity index is 1000. The van der Waals surface area contributed by atoms with Gasteiger partial charge in [0.05, 0.1) is 12.1 Å².